The average molecular weight is 316 g/mol. The smallest absolute Gasteiger partial charge is 0.156 e. The van der Waals surface area contributed by atoms with E-state index in [1.807, 2.05) is 0 Å². The summed E-state index contributed by atoms with van der Waals surface area (Å²) in [6, 6.07) is 5.77. The fourth-order valence-electron chi connectivity index (χ4n) is 1.85. The van der Waals surface area contributed by atoms with Gasteiger partial charge in [-0.05, 0) is 24.3 Å². The van der Waals surface area contributed by atoms with Crippen LogP contribution in [0.15, 0.2) is 36.7 Å². The van der Waals surface area contributed by atoms with E-state index >= 15 is 0 Å². The van der Waals surface area contributed by atoms with Gasteiger partial charge in [0.1, 0.15) is 5.82 Å². The van der Waals surface area contributed by atoms with E-state index in [0.29, 0.717) is 32.0 Å². The molecule has 6 heteroatoms. The van der Waals surface area contributed by atoms with Crippen molar-refractivity contribution in [1.29, 1.82) is 0 Å². The van der Waals surface area contributed by atoms with Crippen molar-refractivity contribution >= 4 is 40.4 Å². The van der Waals surface area contributed by atoms with E-state index in [9.17, 15) is 4.39 Å². The van der Waals surface area contributed by atoms with Crippen molar-refractivity contribution in [2.24, 2.45) is 0 Å². The minimum absolute atomic E-state index is 0.297. The standard InChI is InChI=1S/C13H6Cl3FN2/c14-7-3-11(16)13-18-12(6-19(13)5-7)9-2-1-8(17)4-10(9)15/h1-6H. The molecular formula is C13H6Cl3FN2. The largest absolute Gasteiger partial charge is 0.304 e. The van der Waals surface area contributed by atoms with Gasteiger partial charge in [-0.2, -0.15) is 0 Å². The Labute approximate surface area is 123 Å². The van der Waals surface area contributed by atoms with Crippen molar-refractivity contribution in [3.8, 4) is 11.3 Å². The van der Waals surface area contributed by atoms with E-state index < -0.39 is 5.82 Å². The summed E-state index contributed by atoms with van der Waals surface area (Å²) in [6.45, 7) is 0. The fourth-order valence-corrected chi connectivity index (χ4v) is 2.64. The van der Waals surface area contributed by atoms with Gasteiger partial charge in [-0.25, -0.2) is 9.37 Å². The van der Waals surface area contributed by atoms with Gasteiger partial charge in [0.05, 0.1) is 20.8 Å². The summed E-state index contributed by atoms with van der Waals surface area (Å²) in [5.41, 5.74) is 1.81. The number of imidazole rings is 1. The van der Waals surface area contributed by atoms with Crippen molar-refractivity contribution in [2.75, 3.05) is 0 Å². The Bertz CT molecular complexity index is 783. The molecule has 2 aromatic heterocycles. The molecule has 0 aliphatic carbocycles. The Morgan fingerprint density at radius 1 is 1.00 bits per heavy atom. The molecule has 19 heavy (non-hydrogen) atoms. The Kier molecular flexibility index (Phi) is 3.13. The Hall–Kier alpha value is -1.29. The number of hydrogen-bond acceptors (Lipinski definition) is 1. The van der Waals surface area contributed by atoms with Crippen LogP contribution in [0, 0.1) is 5.82 Å². The third kappa shape index (κ3) is 2.29. The summed E-state index contributed by atoms with van der Waals surface area (Å²) < 4.78 is 14.7. The molecule has 0 aliphatic heterocycles. The molecule has 0 bridgehead atoms. The molecule has 0 aliphatic rings. The lowest BCUT2D eigenvalue weighted by molar-refractivity contribution is 0.628. The van der Waals surface area contributed by atoms with E-state index in [4.69, 9.17) is 34.8 Å². The second kappa shape index (κ2) is 4.67. The minimum atomic E-state index is -0.390. The first-order valence-corrected chi connectivity index (χ1v) is 6.47. The van der Waals surface area contributed by atoms with Gasteiger partial charge in [0.25, 0.3) is 0 Å². The van der Waals surface area contributed by atoms with Gasteiger partial charge in [-0.3, -0.25) is 0 Å². The number of nitrogens with zero attached hydrogens (tertiary/aromatic N) is 2. The highest BCUT2D eigenvalue weighted by Crippen LogP contribution is 2.30. The van der Waals surface area contributed by atoms with Crippen molar-refractivity contribution in [2.45, 2.75) is 0 Å². The van der Waals surface area contributed by atoms with Gasteiger partial charge in [-0.1, -0.05) is 34.8 Å². The van der Waals surface area contributed by atoms with Gasteiger partial charge in [0.2, 0.25) is 0 Å². The first kappa shape index (κ1) is 12.7. The van der Waals surface area contributed by atoms with E-state index in [0.717, 1.165) is 0 Å². The molecule has 3 rings (SSSR count). The first-order chi connectivity index (χ1) is 9.04. The van der Waals surface area contributed by atoms with Crippen LogP contribution in [0.3, 0.4) is 0 Å². The molecule has 0 atom stereocenters. The lowest BCUT2D eigenvalue weighted by atomic mass is 10.2. The molecule has 0 amide bonds. The van der Waals surface area contributed by atoms with E-state index in [1.165, 1.54) is 12.1 Å². The van der Waals surface area contributed by atoms with Gasteiger partial charge in [0, 0.05) is 18.0 Å². The van der Waals surface area contributed by atoms with Crippen LogP contribution in [-0.4, -0.2) is 9.38 Å². The van der Waals surface area contributed by atoms with Crippen molar-refractivity contribution in [3.05, 3.63) is 57.5 Å². The van der Waals surface area contributed by atoms with Crippen LogP contribution in [0.4, 0.5) is 4.39 Å². The number of fused-ring (bicyclic) bond motifs is 1. The lowest BCUT2D eigenvalue weighted by Crippen LogP contribution is -1.82. The van der Waals surface area contributed by atoms with Gasteiger partial charge in [-0.15, -0.1) is 0 Å². The number of benzene rings is 1. The highest BCUT2D eigenvalue weighted by molar-refractivity contribution is 6.36. The van der Waals surface area contributed by atoms with Crippen LogP contribution in [0.2, 0.25) is 15.1 Å². The van der Waals surface area contributed by atoms with Gasteiger partial charge in [0.15, 0.2) is 5.65 Å². The predicted molar refractivity (Wildman–Crippen MR) is 75.6 cm³/mol. The highest BCUT2D eigenvalue weighted by atomic mass is 35.5. The molecule has 2 nitrogen and oxygen atoms in total. The van der Waals surface area contributed by atoms with Crippen LogP contribution in [0.5, 0.6) is 0 Å². The Morgan fingerprint density at radius 2 is 1.79 bits per heavy atom. The molecule has 0 fully saturated rings. The predicted octanol–water partition coefficient (Wildman–Crippen LogP) is 5.10. The molecule has 2 heterocycles. The van der Waals surface area contributed by atoms with Crippen LogP contribution >= 0.6 is 34.8 Å². The minimum Gasteiger partial charge on any atom is -0.304 e. The second-order valence-corrected chi connectivity index (χ2v) is 5.24. The van der Waals surface area contributed by atoms with E-state index in [1.54, 1.807) is 28.9 Å². The maximum atomic E-state index is 13.0. The third-order valence-electron chi connectivity index (χ3n) is 2.68. The summed E-state index contributed by atoms with van der Waals surface area (Å²) in [7, 11) is 0. The molecule has 0 N–H and O–H groups in total. The average Bonchev–Trinajstić information content (AvgIpc) is 2.72. The molecule has 0 spiro atoms. The number of hydrogen-bond donors (Lipinski definition) is 0. The Morgan fingerprint density at radius 3 is 2.53 bits per heavy atom. The topological polar surface area (TPSA) is 17.3 Å². The zero-order valence-electron chi connectivity index (χ0n) is 9.37. The van der Waals surface area contributed by atoms with Gasteiger partial charge < -0.3 is 4.40 Å². The first-order valence-electron chi connectivity index (χ1n) is 5.34. The van der Waals surface area contributed by atoms with Crippen molar-refractivity contribution in [1.82, 2.24) is 9.38 Å². The monoisotopic (exact) mass is 314 g/mol. The number of halogens is 4. The Balaban J connectivity index is 2.23. The second-order valence-electron chi connectivity index (χ2n) is 3.99. The molecule has 0 unspecified atom stereocenters. The summed E-state index contributed by atoms with van der Waals surface area (Å²) in [5, 5.41) is 1.24. The molecule has 96 valence electrons. The SMILES string of the molecule is Fc1ccc(-c2cn3cc(Cl)cc(Cl)c3n2)c(Cl)c1. The zero-order valence-corrected chi connectivity index (χ0v) is 11.6. The van der Waals surface area contributed by atoms with Gasteiger partial charge >= 0.3 is 0 Å². The molecular weight excluding hydrogens is 310 g/mol. The van der Waals surface area contributed by atoms with Crippen LogP contribution in [-0.2, 0) is 0 Å². The van der Waals surface area contributed by atoms with Crippen LogP contribution in [0.1, 0.15) is 0 Å². The quantitative estimate of drug-likeness (QED) is 0.610. The van der Waals surface area contributed by atoms with Crippen LogP contribution in [0.25, 0.3) is 16.9 Å². The maximum Gasteiger partial charge on any atom is 0.156 e. The van der Waals surface area contributed by atoms with E-state index in [2.05, 4.69) is 4.98 Å². The molecule has 0 saturated carbocycles. The molecule has 1 aromatic carbocycles. The summed E-state index contributed by atoms with van der Waals surface area (Å²) in [5.74, 6) is -0.390. The number of rotatable bonds is 1. The molecule has 0 saturated heterocycles. The summed E-state index contributed by atoms with van der Waals surface area (Å²) >= 11 is 18.0. The molecule has 0 radical (unpaired) electrons. The number of pyridine rings is 1. The van der Waals surface area contributed by atoms with Crippen molar-refractivity contribution in [3.63, 3.8) is 0 Å². The lowest BCUT2D eigenvalue weighted by Gasteiger charge is -1.99. The summed E-state index contributed by atoms with van der Waals surface area (Å²) in [6.07, 6.45) is 3.43. The summed E-state index contributed by atoms with van der Waals surface area (Å²) in [4.78, 5) is 4.38. The van der Waals surface area contributed by atoms with Crippen molar-refractivity contribution < 1.29 is 4.39 Å². The van der Waals surface area contributed by atoms with E-state index in [-0.39, 0.29) is 0 Å². The molecule has 3 aromatic rings. The highest BCUT2D eigenvalue weighted by Gasteiger charge is 2.11. The van der Waals surface area contributed by atoms with Crippen LogP contribution < -0.4 is 0 Å². The number of aromatic nitrogens is 2. The zero-order chi connectivity index (χ0) is 13.6. The normalized spacial score (nSPS) is 11.2. The maximum absolute atomic E-state index is 13.0. The fraction of sp³-hybridized carbons (Fsp3) is 0. The third-order valence-corrected chi connectivity index (χ3v) is 3.48.